The number of para-hydroxylation sites is 1. The molecule has 0 saturated carbocycles. The molecule has 0 fully saturated rings. The van der Waals surface area contributed by atoms with E-state index in [2.05, 4.69) is 4.98 Å². The quantitative estimate of drug-likeness (QED) is 0.884. The molecule has 4 heteroatoms. The molecule has 2 aromatic rings. The van der Waals surface area contributed by atoms with Crippen LogP contribution in [0.15, 0.2) is 35.8 Å². The standard InChI is InChI=1S/C13H15NO2S/c1-16-12-5-3-2-4-10(12)8-11(15)9-13-14-6-7-17-13/h2-7,11,15H,8-9H2,1H3. The molecule has 1 N–H and O–H groups in total. The normalized spacial score (nSPS) is 12.4. The molecule has 0 bridgehead atoms. The maximum atomic E-state index is 10.0. The van der Waals surface area contributed by atoms with Crippen LogP contribution in [0.2, 0.25) is 0 Å². The molecule has 0 aliphatic carbocycles. The molecule has 2 rings (SSSR count). The molecule has 1 atom stereocenters. The minimum Gasteiger partial charge on any atom is -0.496 e. The first-order valence-corrected chi connectivity index (χ1v) is 6.36. The summed E-state index contributed by atoms with van der Waals surface area (Å²) >= 11 is 1.57. The summed E-state index contributed by atoms with van der Waals surface area (Å²) in [5.74, 6) is 0.825. The van der Waals surface area contributed by atoms with Crippen LogP contribution in [0.5, 0.6) is 5.75 Å². The molecule has 1 unspecified atom stereocenters. The van der Waals surface area contributed by atoms with Gasteiger partial charge in [-0.2, -0.15) is 0 Å². The summed E-state index contributed by atoms with van der Waals surface area (Å²) in [7, 11) is 1.64. The second-order valence-corrected chi connectivity index (χ2v) is 4.78. The fraction of sp³-hybridized carbons (Fsp3) is 0.308. The molecule has 0 radical (unpaired) electrons. The zero-order chi connectivity index (χ0) is 12.1. The first kappa shape index (κ1) is 12.1. The Hall–Kier alpha value is -1.39. The number of aliphatic hydroxyl groups excluding tert-OH is 1. The van der Waals surface area contributed by atoms with Crippen LogP contribution in [-0.2, 0) is 12.8 Å². The number of rotatable bonds is 5. The predicted octanol–water partition coefficient (Wildman–Crippen LogP) is 2.30. The maximum absolute atomic E-state index is 10.0. The van der Waals surface area contributed by atoms with Gasteiger partial charge in [0.2, 0.25) is 0 Å². The van der Waals surface area contributed by atoms with Crippen LogP contribution in [-0.4, -0.2) is 23.3 Å². The van der Waals surface area contributed by atoms with Crippen LogP contribution in [0.1, 0.15) is 10.6 Å². The summed E-state index contributed by atoms with van der Waals surface area (Å²) in [6, 6.07) is 7.76. The van der Waals surface area contributed by atoms with Gasteiger partial charge in [0.1, 0.15) is 5.75 Å². The summed E-state index contributed by atoms with van der Waals surface area (Å²) in [5, 5.41) is 12.9. The Labute approximate surface area is 105 Å². The number of hydrogen-bond acceptors (Lipinski definition) is 4. The number of thiazole rings is 1. The van der Waals surface area contributed by atoms with Crippen molar-refractivity contribution in [2.45, 2.75) is 18.9 Å². The Morgan fingerprint density at radius 2 is 2.18 bits per heavy atom. The van der Waals surface area contributed by atoms with Crippen molar-refractivity contribution < 1.29 is 9.84 Å². The van der Waals surface area contributed by atoms with E-state index in [-0.39, 0.29) is 0 Å². The van der Waals surface area contributed by atoms with E-state index in [1.165, 1.54) is 0 Å². The number of hydrogen-bond donors (Lipinski definition) is 1. The van der Waals surface area contributed by atoms with Gasteiger partial charge in [-0.05, 0) is 11.6 Å². The molecular weight excluding hydrogens is 234 g/mol. The first-order chi connectivity index (χ1) is 8.29. The van der Waals surface area contributed by atoms with E-state index in [9.17, 15) is 5.11 Å². The van der Waals surface area contributed by atoms with Gasteiger partial charge in [-0.15, -0.1) is 11.3 Å². The fourth-order valence-electron chi connectivity index (χ4n) is 1.75. The third kappa shape index (κ3) is 3.28. The number of methoxy groups -OCH3 is 1. The first-order valence-electron chi connectivity index (χ1n) is 5.48. The summed E-state index contributed by atoms with van der Waals surface area (Å²) in [4.78, 5) is 4.17. The molecule has 17 heavy (non-hydrogen) atoms. The van der Waals surface area contributed by atoms with E-state index in [1.54, 1.807) is 24.6 Å². The van der Waals surface area contributed by atoms with Gasteiger partial charge in [-0.3, -0.25) is 0 Å². The van der Waals surface area contributed by atoms with Crippen LogP contribution in [0.3, 0.4) is 0 Å². The lowest BCUT2D eigenvalue weighted by Crippen LogP contribution is -2.14. The van der Waals surface area contributed by atoms with Crippen molar-refractivity contribution in [3.05, 3.63) is 46.4 Å². The molecule has 1 aromatic heterocycles. The van der Waals surface area contributed by atoms with E-state index in [0.717, 1.165) is 16.3 Å². The molecule has 3 nitrogen and oxygen atoms in total. The lowest BCUT2D eigenvalue weighted by Gasteiger charge is -2.12. The molecule has 0 amide bonds. The van der Waals surface area contributed by atoms with Gasteiger partial charge in [-0.25, -0.2) is 4.98 Å². The molecule has 1 heterocycles. The highest BCUT2D eigenvalue weighted by atomic mass is 32.1. The second kappa shape index (κ2) is 5.80. The highest BCUT2D eigenvalue weighted by Gasteiger charge is 2.11. The zero-order valence-corrected chi connectivity index (χ0v) is 10.5. The number of ether oxygens (including phenoxy) is 1. The fourth-order valence-corrected chi connectivity index (χ4v) is 2.44. The van der Waals surface area contributed by atoms with Crippen molar-refractivity contribution >= 4 is 11.3 Å². The Morgan fingerprint density at radius 1 is 1.35 bits per heavy atom. The molecule has 0 aliphatic heterocycles. The summed E-state index contributed by atoms with van der Waals surface area (Å²) in [5.41, 5.74) is 1.03. The summed E-state index contributed by atoms with van der Waals surface area (Å²) in [6.45, 7) is 0. The highest BCUT2D eigenvalue weighted by Crippen LogP contribution is 2.20. The van der Waals surface area contributed by atoms with Crippen molar-refractivity contribution in [1.29, 1.82) is 0 Å². The van der Waals surface area contributed by atoms with Crippen LogP contribution in [0.4, 0.5) is 0 Å². The lowest BCUT2D eigenvalue weighted by molar-refractivity contribution is 0.174. The number of nitrogens with zero attached hydrogens (tertiary/aromatic N) is 1. The van der Waals surface area contributed by atoms with Crippen molar-refractivity contribution in [2.75, 3.05) is 7.11 Å². The van der Waals surface area contributed by atoms with E-state index in [1.807, 2.05) is 29.6 Å². The van der Waals surface area contributed by atoms with Gasteiger partial charge < -0.3 is 9.84 Å². The van der Waals surface area contributed by atoms with Crippen LogP contribution in [0, 0.1) is 0 Å². The van der Waals surface area contributed by atoms with Crippen molar-refractivity contribution in [3.8, 4) is 5.75 Å². The molecule has 1 aromatic carbocycles. The monoisotopic (exact) mass is 249 g/mol. The van der Waals surface area contributed by atoms with Crippen molar-refractivity contribution in [3.63, 3.8) is 0 Å². The maximum Gasteiger partial charge on any atom is 0.122 e. The van der Waals surface area contributed by atoms with Gasteiger partial charge in [0.05, 0.1) is 18.2 Å². The second-order valence-electron chi connectivity index (χ2n) is 3.80. The zero-order valence-electron chi connectivity index (χ0n) is 9.67. The van der Waals surface area contributed by atoms with Gasteiger partial charge in [0, 0.05) is 24.4 Å². The average molecular weight is 249 g/mol. The SMILES string of the molecule is COc1ccccc1CC(O)Cc1nccs1. The van der Waals surface area contributed by atoms with Crippen LogP contribution in [0.25, 0.3) is 0 Å². The minimum atomic E-state index is -0.419. The molecular formula is C13H15NO2S. The van der Waals surface area contributed by atoms with Crippen LogP contribution >= 0.6 is 11.3 Å². The van der Waals surface area contributed by atoms with Crippen LogP contribution < -0.4 is 4.74 Å². The third-order valence-electron chi connectivity index (χ3n) is 2.54. The topological polar surface area (TPSA) is 42.4 Å². The van der Waals surface area contributed by atoms with Crippen molar-refractivity contribution in [1.82, 2.24) is 4.98 Å². The Bertz CT molecular complexity index is 456. The summed E-state index contributed by atoms with van der Waals surface area (Å²) in [6.07, 6.45) is 2.52. The Kier molecular flexibility index (Phi) is 4.12. The summed E-state index contributed by atoms with van der Waals surface area (Å²) < 4.78 is 5.26. The smallest absolute Gasteiger partial charge is 0.122 e. The van der Waals surface area contributed by atoms with E-state index >= 15 is 0 Å². The third-order valence-corrected chi connectivity index (χ3v) is 3.34. The lowest BCUT2D eigenvalue weighted by atomic mass is 10.1. The van der Waals surface area contributed by atoms with E-state index in [0.29, 0.717) is 12.8 Å². The van der Waals surface area contributed by atoms with E-state index < -0.39 is 6.10 Å². The van der Waals surface area contributed by atoms with Gasteiger partial charge in [-0.1, -0.05) is 18.2 Å². The predicted molar refractivity (Wildman–Crippen MR) is 68.5 cm³/mol. The van der Waals surface area contributed by atoms with E-state index in [4.69, 9.17) is 4.74 Å². The average Bonchev–Trinajstić information content (AvgIpc) is 2.82. The molecule has 90 valence electrons. The Balaban J connectivity index is 2.00. The number of aliphatic hydroxyl groups is 1. The Morgan fingerprint density at radius 3 is 2.88 bits per heavy atom. The minimum absolute atomic E-state index is 0.419. The number of aromatic nitrogens is 1. The van der Waals surface area contributed by atoms with Gasteiger partial charge in [0.15, 0.2) is 0 Å². The molecule has 0 spiro atoms. The number of benzene rings is 1. The van der Waals surface area contributed by atoms with Crippen molar-refractivity contribution in [2.24, 2.45) is 0 Å². The highest BCUT2D eigenvalue weighted by molar-refractivity contribution is 7.09. The largest absolute Gasteiger partial charge is 0.496 e. The molecule has 0 saturated heterocycles. The van der Waals surface area contributed by atoms with Gasteiger partial charge >= 0.3 is 0 Å². The molecule has 0 aliphatic rings. The van der Waals surface area contributed by atoms with Gasteiger partial charge in [0.25, 0.3) is 0 Å².